The van der Waals surface area contributed by atoms with Crippen LogP contribution in [0, 0.1) is 0 Å². The highest BCUT2D eigenvalue weighted by Crippen LogP contribution is 2.24. The van der Waals surface area contributed by atoms with Gasteiger partial charge in [-0.15, -0.1) is 10.2 Å². The fourth-order valence-corrected chi connectivity index (χ4v) is 4.86. The number of amides is 2. The van der Waals surface area contributed by atoms with Crippen LogP contribution in [0.5, 0.6) is 0 Å². The standard InChI is InChI=1S/C11H18N4O3S2/c1-7(2)8-14-15-10(19-8)12-9(16)13-11(3)4-5-20(17,18)6-11/h7H,4-6H2,1-3H3,(H2,12,13,15,16)/t11-/m1/s1. The number of sulfone groups is 1. The molecule has 7 nitrogen and oxygen atoms in total. The van der Waals surface area contributed by atoms with Crippen molar-refractivity contribution in [2.75, 3.05) is 16.8 Å². The molecular formula is C11H18N4O3S2. The Morgan fingerprint density at radius 2 is 2.10 bits per heavy atom. The third-order valence-corrected chi connectivity index (χ3v) is 6.12. The topological polar surface area (TPSA) is 101 Å². The fourth-order valence-electron chi connectivity index (χ4n) is 2.03. The van der Waals surface area contributed by atoms with Gasteiger partial charge in [-0.05, 0) is 13.3 Å². The van der Waals surface area contributed by atoms with E-state index in [9.17, 15) is 13.2 Å². The maximum absolute atomic E-state index is 11.9. The Labute approximate surface area is 122 Å². The van der Waals surface area contributed by atoms with E-state index in [1.807, 2.05) is 13.8 Å². The van der Waals surface area contributed by atoms with Crippen LogP contribution in [0.1, 0.15) is 38.1 Å². The van der Waals surface area contributed by atoms with Gasteiger partial charge in [0.25, 0.3) is 0 Å². The maximum atomic E-state index is 11.9. The molecule has 0 bridgehead atoms. The summed E-state index contributed by atoms with van der Waals surface area (Å²) >= 11 is 1.31. The SMILES string of the molecule is CC(C)c1nnc(NC(=O)N[C@]2(C)CCS(=O)(=O)C2)s1. The summed E-state index contributed by atoms with van der Waals surface area (Å²) in [6, 6.07) is -0.448. The van der Waals surface area contributed by atoms with E-state index >= 15 is 0 Å². The molecule has 0 spiro atoms. The largest absolute Gasteiger partial charge is 0.332 e. The molecule has 1 aromatic heterocycles. The molecule has 1 aliphatic rings. The number of carbonyl (C=O) groups excluding carboxylic acids is 1. The number of hydrogen-bond donors (Lipinski definition) is 2. The lowest BCUT2D eigenvalue weighted by Crippen LogP contribution is -2.48. The average molecular weight is 318 g/mol. The zero-order chi connectivity index (χ0) is 15.0. The summed E-state index contributed by atoms with van der Waals surface area (Å²) in [5.74, 6) is 0.338. The number of rotatable bonds is 3. The Hall–Kier alpha value is -1.22. The number of urea groups is 1. The van der Waals surface area contributed by atoms with E-state index in [2.05, 4.69) is 20.8 Å². The van der Waals surface area contributed by atoms with Gasteiger partial charge in [-0.25, -0.2) is 13.2 Å². The van der Waals surface area contributed by atoms with Gasteiger partial charge in [0.1, 0.15) is 5.01 Å². The molecule has 112 valence electrons. The van der Waals surface area contributed by atoms with Gasteiger partial charge < -0.3 is 5.32 Å². The molecule has 2 amide bonds. The second-order valence-corrected chi connectivity index (χ2v) is 8.78. The third kappa shape index (κ3) is 3.66. The molecule has 1 saturated heterocycles. The molecule has 0 unspecified atom stereocenters. The van der Waals surface area contributed by atoms with Crippen molar-refractivity contribution in [1.82, 2.24) is 15.5 Å². The third-order valence-electron chi connectivity index (χ3n) is 3.07. The van der Waals surface area contributed by atoms with Crippen molar-refractivity contribution in [3.05, 3.63) is 5.01 Å². The van der Waals surface area contributed by atoms with E-state index in [-0.39, 0.29) is 17.4 Å². The van der Waals surface area contributed by atoms with E-state index in [0.29, 0.717) is 11.6 Å². The molecular weight excluding hydrogens is 300 g/mol. The quantitative estimate of drug-likeness (QED) is 0.876. The Kier molecular flexibility index (Phi) is 4.01. The van der Waals surface area contributed by atoms with Crippen LogP contribution in [-0.2, 0) is 9.84 Å². The van der Waals surface area contributed by atoms with Crippen LogP contribution in [0.15, 0.2) is 0 Å². The summed E-state index contributed by atoms with van der Waals surface area (Å²) in [6.07, 6.45) is 0.427. The molecule has 20 heavy (non-hydrogen) atoms. The lowest BCUT2D eigenvalue weighted by molar-refractivity contribution is 0.242. The Morgan fingerprint density at radius 1 is 1.40 bits per heavy atom. The summed E-state index contributed by atoms with van der Waals surface area (Å²) in [4.78, 5) is 11.9. The highest BCUT2D eigenvalue weighted by molar-refractivity contribution is 7.91. The summed E-state index contributed by atoms with van der Waals surface area (Å²) in [6.45, 7) is 5.72. The number of nitrogens with zero attached hydrogens (tertiary/aromatic N) is 2. The van der Waals surface area contributed by atoms with Crippen LogP contribution in [0.25, 0.3) is 0 Å². The van der Waals surface area contributed by atoms with Crippen molar-refractivity contribution < 1.29 is 13.2 Å². The van der Waals surface area contributed by atoms with Gasteiger partial charge in [-0.1, -0.05) is 25.2 Å². The second-order valence-electron chi connectivity index (χ2n) is 5.58. The minimum Gasteiger partial charge on any atom is -0.332 e. The fraction of sp³-hybridized carbons (Fsp3) is 0.727. The van der Waals surface area contributed by atoms with Gasteiger partial charge in [-0.2, -0.15) is 0 Å². The Bertz CT molecular complexity index is 611. The molecule has 0 saturated carbocycles. The smallest absolute Gasteiger partial charge is 0.321 e. The number of anilines is 1. The van der Waals surface area contributed by atoms with Gasteiger partial charge in [0.2, 0.25) is 5.13 Å². The first-order valence-electron chi connectivity index (χ1n) is 6.32. The zero-order valence-corrected chi connectivity index (χ0v) is 13.3. The number of hydrogen-bond acceptors (Lipinski definition) is 6. The number of nitrogens with one attached hydrogen (secondary N) is 2. The molecule has 0 radical (unpaired) electrons. The lowest BCUT2D eigenvalue weighted by atomic mass is 10.0. The van der Waals surface area contributed by atoms with E-state index in [0.717, 1.165) is 5.01 Å². The first kappa shape index (κ1) is 15.2. The van der Waals surface area contributed by atoms with E-state index in [1.165, 1.54) is 11.3 Å². The van der Waals surface area contributed by atoms with Crippen molar-refractivity contribution in [2.45, 2.75) is 38.6 Å². The lowest BCUT2D eigenvalue weighted by Gasteiger charge is -2.23. The van der Waals surface area contributed by atoms with Crippen LogP contribution in [-0.4, -0.2) is 41.7 Å². The molecule has 1 atom stereocenters. The van der Waals surface area contributed by atoms with Gasteiger partial charge >= 0.3 is 6.03 Å². The summed E-state index contributed by atoms with van der Waals surface area (Å²) < 4.78 is 22.9. The minimum absolute atomic E-state index is 0.0270. The van der Waals surface area contributed by atoms with Crippen LogP contribution < -0.4 is 10.6 Å². The molecule has 0 aromatic carbocycles. The van der Waals surface area contributed by atoms with Crippen molar-refractivity contribution >= 4 is 32.3 Å². The first-order valence-corrected chi connectivity index (χ1v) is 8.96. The van der Waals surface area contributed by atoms with Gasteiger partial charge in [0, 0.05) is 5.92 Å². The van der Waals surface area contributed by atoms with E-state index < -0.39 is 21.4 Å². The second kappa shape index (κ2) is 5.28. The van der Waals surface area contributed by atoms with Gasteiger partial charge in [0.05, 0.1) is 17.0 Å². The van der Waals surface area contributed by atoms with Crippen molar-refractivity contribution in [1.29, 1.82) is 0 Å². The minimum atomic E-state index is -3.05. The molecule has 2 rings (SSSR count). The van der Waals surface area contributed by atoms with Crippen molar-refractivity contribution in [3.63, 3.8) is 0 Å². The van der Waals surface area contributed by atoms with E-state index in [1.54, 1.807) is 6.92 Å². The number of carbonyl (C=O) groups is 1. The highest BCUT2D eigenvalue weighted by Gasteiger charge is 2.39. The normalized spacial score (nSPS) is 24.8. The summed E-state index contributed by atoms with van der Waals surface area (Å²) in [5.41, 5.74) is -0.714. The number of aromatic nitrogens is 2. The van der Waals surface area contributed by atoms with Gasteiger partial charge in [-0.3, -0.25) is 5.32 Å². The maximum Gasteiger partial charge on any atom is 0.321 e. The van der Waals surface area contributed by atoms with E-state index in [4.69, 9.17) is 0 Å². The summed E-state index contributed by atoms with van der Waals surface area (Å²) in [7, 11) is -3.05. The Balaban J connectivity index is 1.95. The predicted octanol–water partition coefficient (Wildman–Crippen LogP) is 1.36. The summed E-state index contributed by atoms with van der Waals surface area (Å²) in [5, 5.41) is 14.4. The first-order chi connectivity index (χ1) is 9.19. The van der Waals surface area contributed by atoms with Crippen molar-refractivity contribution in [3.8, 4) is 0 Å². The Morgan fingerprint density at radius 3 is 2.60 bits per heavy atom. The molecule has 2 N–H and O–H groups in total. The molecule has 1 aromatic rings. The molecule has 1 aliphatic heterocycles. The van der Waals surface area contributed by atoms with Gasteiger partial charge in [0.15, 0.2) is 9.84 Å². The highest BCUT2D eigenvalue weighted by atomic mass is 32.2. The van der Waals surface area contributed by atoms with Crippen LogP contribution >= 0.6 is 11.3 Å². The van der Waals surface area contributed by atoms with Crippen LogP contribution in [0.2, 0.25) is 0 Å². The molecule has 2 heterocycles. The average Bonchev–Trinajstić information content (AvgIpc) is 2.83. The molecule has 9 heteroatoms. The van der Waals surface area contributed by atoms with Crippen molar-refractivity contribution in [2.24, 2.45) is 0 Å². The predicted molar refractivity (Wildman–Crippen MR) is 77.8 cm³/mol. The van der Waals surface area contributed by atoms with Crippen LogP contribution in [0.4, 0.5) is 9.93 Å². The molecule has 1 fully saturated rings. The van der Waals surface area contributed by atoms with Crippen LogP contribution in [0.3, 0.4) is 0 Å². The molecule has 0 aliphatic carbocycles. The monoisotopic (exact) mass is 318 g/mol. The zero-order valence-electron chi connectivity index (χ0n) is 11.6.